The predicted molar refractivity (Wildman–Crippen MR) is 79.6 cm³/mol. The molecule has 1 aliphatic heterocycles. The van der Waals surface area contributed by atoms with Crippen LogP contribution in [0.2, 0.25) is 0 Å². The Bertz CT molecular complexity index is 311. The molecule has 0 aromatic carbocycles. The van der Waals surface area contributed by atoms with E-state index in [4.69, 9.17) is 0 Å². The topological polar surface area (TPSA) is 32.3 Å². The van der Waals surface area contributed by atoms with Gasteiger partial charge < -0.3 is 10.2 Å². The van der Waals surface area contributed by atoms with Gasteiger partial charge in [0, 0.05) is 13.1 Å². The first-order valence-electron chi connectivity index (χ1n) is 7.76. The summed E-state index contributed by atoms with van der Waals surface area (Å²) in [6.07, 6.45) is 10.8. The standard InChI is InChI=1S/C15H26N2O.ClH/c18-14(11-16-10-13-4-5-13)17-9-8-15(12-17)6-2-1-3-7-15;/h13,16H,1-12H2;1H. The Labute approximate surface area is 122 Å². The van der Waals surface area contributed by atoms with Crippen LogP contribution in [0.15, 0.2) is 0 Å². The molecular formula is C15H27ClN2O. The molecule has 110 valence electrons. The van der Waals surface area contributed by atoms with Gasteiger partial charge in [-0.3, -0.25) is 4.79 Å². The number of carbonyl (C=O) groups is 1. The molecule has 0 radical (unpaired) electrons. The minimum Gasteiger partial charge on any atom is -0.341 e. The minimum absolute atomic E-state index is 0. The average molecular weight is 287 g/mol. The summed E-state index contributed by atoms with van der Waals surface area (Å²) in [5.74, 6) is 1.19. The highest BCUT2D eigenvalue weighted by Crippen LogP contribution is 2.43. The second kappa shape index (κ2) is 6.45. The highest BCUT2D eigenvalue weighted by molar-refractivity contribution is 5.85. The van der Waals surface area contributed by atoms with Crippen molar-refractivity contribution in [3.8, 4) is 0 Å². The summed E-state index contributed by atoms with van der Waals surface area (Å²) in [5.41, 5.74) is 0.504. The van der Waals surface area contributed by atoms with E-state index >= 15 is 0 Å². The van der Waals surface area contributed by atoms with Crippen LogP contribution in [0.4, 0.5) is 0 Å². The zero-order valence-electron chi connectivity index (χ0n) is 11.8. The zero-order valence-corrected chi connectivity index (χ0v) is 12.6. The third-order valence-electron chi connectivity index (χ3n) is 5.11. The van der Waals surface area contributed by atoms with Crippen LogP contribution in [0.3, 0.4) is 0 Å². The molecule has 1 amide bonds. The molecule has 4 heteroatoms. The van der Waals surface area contributed by atoms with Crippen molar-refractivity contribution >= 4 is 18.3 Å². The van der Waals surface area contributed by atoms with Gasteiger partial charge in [0.2, 0.25) is 5.91 Å². The van der Waals surface area contributed by atoms with E-state index in [1.165, 1.54) is 51.4 Å². The number of hydrogen-bond acceptors (Lipinski definition) is 2. The van der Waals surface area contributed by atoms with Gasteiger partial charge in [-0.15, -0.1) is 12.4 Å². The van der Waals surface area contributed by atoms with Gasteiger partial charge >= 0.3 is 0 Å². The van der Waals surface area contributed by atoms with E-state index in [0.717, 1.165) is 25.6 Å². The second-order valence-electron chi connectivity index (χ2n) is 6.70. The third-order valence-corrected chi connectivity index (χ3v) is 5.11. The van der Waals surface area contributed by atoms with E-state index in [0.29, 0.717) is 17.9 Å². The molecule has 1 N–H and O–H groups in total. The molecule has 1 saturated heterocycles. The molecule has 0 bridgehead atoms. The number of amides is 1. The van der Waals surface area contributed by atoms with Gasteiger partial charge in [0.05, 0.1) is 6.54 Å². The van der Waals surface area contributed by atoms with Gasteiger partial charge in [0.1, 0.15) is 0 Å². The van der Waals surface area contributed by atoms with Crippen LogP contribution >= 0.6 is 12.4 Å². The van der Waals surface area contributed by atoms with Crippen molar-refractivity contribution in [3.63, 3.8) is 0 Å². The highest BCUT2D eigenvalue weighted by atomic mass is 35.5. The summed E-state index contributed by atoms with van der Waals surface area (Å²) in [7, 11) is 0. The van der Waals surface area contributed by atoms with Crippen LogP contribution in [-0.2, 0) is 4.79 Å². The van der Waals surface area contributed by atoms with Gasteiger partial charge in [-0.1, -0.05) is 19.3 Å². The monoisotopic (exact) mass is 286 g/mol. The molecule has 2 saturated carbocycles. The van der Waals surface area contributed by atoms with Crippen molar-refractivity contribution in [2.75, 3.05) is 26.2 Å². The third kappa shape index (κ3) is 3.85. The fraction of sp³-hybridized carbons (Fsp3) is 0.933. The molecular weight excluding hydrogens is 260 g/mol. The van der Waals surface area contributed by atoms with Crippen LogP contribution < -0.4 is 5.32 Å². The largest absolute Gasteiger partial charge is 0.341 e. The quantitative estimate of drug-likeness (QED) is 0.862. The summed E-state index contributed by atoms with van der Waals surface area (Å²) in [4.78, 5) is 14.3. The molecule has 3 nitrogen and oxygen atoms in total. The Balaban J connectivity index is 0.00000133. The molecule has 1 heterocycles. The lowest BCUT2D eigenvalue weighted by Gasteiger charge is -2.33. The number of nitrogens with one attached hydrogen (secondary N) is 1. The maximum atomic E-state index is 12.1. The lowest BCUT2D eigenvalue weighted by atomic mass is 9.73. The predicted octanol–water partition coefficient (Wildman–Crippen LogP) is 2.59. The highest BCUT2D eigenvalue weighted by Gasteiger charge is 2.40. The smallest absolute Gasteiger partial charge is 0.236 e. The summed E-state index contributed by atoms with van der Waals surface area (Å²) in [6, 6.07) is 0. The van der Waals surface area contributed by atoms with Gasteiger partial charge in [-0.05, 0) is 50.0 Å². The Morgan fingerprint density at radius 1 is 1.16 bits per heavy atom. The fourth-order valence-electron chi connectivity index (χ4n) is 3.67. The van der Waals surface area contributed by atoms with Crippen molar-refractivity contribution in [2.24, 2.45) is 11.3 Å². The SMILES string of the molecule is Cl.O=C(CNCC1CC1)N1CCC2(CCCCC2)C1. The normalized spacial score (nSPS) is 25.4. The number of likely N-dealkylation sites (tertiary alicyclic amines) is 1. The molecule has 1 spiro atoms. The Morgan fingerprint density at radius 2 is 1.89 bits per heavy atom. The van der Waals surface area contributed by atoms with Crippen molar-refractivity contribution < 1.29 is 4.79 Å². The molecule has 0 aromatic rings. The lowest BCUT2D eigenvalue weighted by Crippen LogP contribution is -2.39. The molecule has 0 aromatic heterocycles. The van der Waals surface area contributed by atoms with Crippen molar-refractivity contribution in [1.29, 1.82) is 0 Å². The summed E-state index contributed by atoms with van der Waals surface area (Å²) in [6.45, 7) is 3.65. The molecule has 19 heavy (non-hydrogen) atoms. The van der Waals surface area contributed by atoms with E-state index in [1.807, 2.05) is 0 Å². The van der Waals surface area contributed by atoms with Crippen LogP contribution in [-0.4, -0.2) is 37.0 Å². The van der Waals surface area contributed by atoms with Crippen LogP contribution in [0.5, 0.6) is 0 Å². The average Bonchev–Trinajstić information content (AvgIpc) is 3.12. The zero-order chi connectivity index (χ0) is 12.4. The van der Waals surface area contributed by atoms with E-state index in [1.54, 1.807) is 0 Å². The van der Waals surface area contributed by atoms with Crippen LogP contribution in [0.25, 0.3) is 0 Å². The fourth-order valence-corrected chi connectivity index (χ4v) is 3.67. The van der Waals surface area contributed by atoms with Crippen molar-refractivity contribution in [1.82, 2.24) is 10.2 Å². The maximum Gasteiger partial charge on any atom is 0.236 e. The first-order chi connectivity index (χ1) is 8.77. The second-order valence-corrected chi connectivity index (χ2v) is 6.70. The molecule has 0 unspecified atom stereocenters. The van der Waals surface area contributed by atoms with E-state index in [-0.39, 0.29) is 12.4 Å². The van der Waals surface area contributed by atoms with E-state index in [9.17, 15) is 4.79 Å². The van der Waals surface area contributed by atoms with Gasteiger partial charge in [-0.2, -0.15) is 0 Å². The number of hydrogen-bond donors (Lipinski definition) is 1. The van der Waals surface area contributed by atoms with Crippen LogP contribution in [0, 0.1) is 11.3 Å². The summed E-state index contributed by atoms with van der Waals surface area (Å²) in [5, 5.41) is 3.32. The molecule has 0 atom stereocenters. The van der Waals surface area contributed by atoms with Crippen molar-refractivity contribution in [3.05, 3.63) is 0 Å². The summed E-state index contributed by atoms with van der Waals surface area (Å²) < 4.78 is 0. The Morgan fingerprint density at radius 3 is 2.58 bits per heavy atom. The van der Waals surface area contributed by atoms with Crippen LogP contribution in [0.1, 0.15) is 51.4 Å². The Hall–Kier alpha value is -0.280. The molecule has 3 aliphatic rings. The summed E-state index contributed by atoms with van der Waals surface area (Å²) >= 11 is 0. The Kier molecular flexibility index (Phi) is 5.13. The number of carbonyl (C=O) groups excluding carboxylic acids is 1. The number of rotatable bonds is 4. The molecule has 2 aliphatic carbocycles. The maximum absolute atomic E-state index is 12.1. The van der Waals surface area contributed by atoms with Gasteiger partial charge in [-0.25, -0.2) is 0 Å². The number of halogens is 1. The van der Waals surface area contributed by atoms with E-state index < -0.39 is 0 Å². The minimum atomic E-state index is 0. The van der Waals surface area contributed by atoms with Crippen molar-refractivity contribution in [2.45, 2.75) is 51.4 Å². The molecule has 3 rings (SSSR count). The first kappa shape index (κ1) is 15.1. The van der Waals surface area contributed by atoms with Gasteiger partial charge in [0.25, 0.3) is 0 Å². The lowest BCUT2D eigenvalue weighted by molar-refractivity contribution is -0.129. The number of nitrogens with zero attached hydrogens (tertiary/aromatic N) is 1. The van der Waals surface area contributed by atoms with E-state index in [2.05, 4.69) is 10.2 Å². The first-order valence-corrected chi connectivity index (χ1v) is 7.76. The molecule has 3 fully saturated rings. The van der Waals surface area contributed by atoms with Gasteiger partial charge in [0.15, 0.2) is 0 Å².